The number of fused-ring (bicyclic) bond motifs is 1. The van der Waals surface area contributed by atoms with E-state index in [1.165, 1.54) is 5.56 Å². The van der Waals surface area contributed by atoms with Crippen LogP contribution in [-0.4, -0.2) is 27.7 Å². The number of pyridine rings is 1. The molecule has 0 saturated carbocycles. The van der Waals surface area contributed by atoms with E-state index >= 15 is 0 Å². The van der Waals surface area contributed by atoms with Crippen molar-refractivity contribution in [1.29, 1.82) is 0 Å². The lowest BCUT2D eigenvalue weighted by atomic mass is 10.0. The summed E-state index contributed by atoms with van der Waals surface area (Å²) in [5.41, 5.74) is 2.71. The fourth-order valence-electron chi connectivity index (χ4n) is 2.88. The van der Waals surface area contributed by atoms with Crippen molar-refractivity contribution in [3.05, 3.63) is 65.7 Å². The van der Waals surface area contributed by atoms with Gasteiger partial charge >= 0.3 is 0 Å². The topological polar surface area (TPSA) is 75.5 Å². The lowest BCUT2D eigenvalue weighted by Gasteiger charge is -2.07. The summed E-state index contributed by atoms with van der Waals surface area (Å²) in [4.78, 5) is 29.7. The molecule has 146 valence electrons. The molecule has 2 N–H and O–H groups in total. The Hall–Kier alpha value is -3.15. The van der Waals surface area contributed by atoms with Crippen LogP contribution in [0.1, 0.15) is 60.3 Å². The highest BCUT2D eigenvalue weighted by Gasteiger charge is 2.21. The minimum atomic E-state index is -0.344. The van der Waals surface area contributed by atoms with Crippen LogP contribution < -0.4 is 10.6 Å². The molecule has 0 aliphatic heterocycles. The number of imidazole rings is 1. The molecule has 0 atom stereocenters. The number of rotatable bonds is 6. The summed E-state index contributed by atoms with van der Waals surface area (Å²) in [6, 6.07) is 13.2. The molecular weight excluding hydrogens is 352 g/mol. The van der Waals surface area contributed by atoms with E-state index < -0.39 is 0 Å². The lowest BCUT2D eigenvalue weighted by Crippen LogP contribution is -2.29. The number of carbonyl (C=O) groups excluding carboxylic acids is 2. The number of anilines is 1. The summed E-state index contributed by atoms with van der Waals surface area (Å²) in [7, 11) is 0. The molecule has 0 bridgehead atoms. The van der Waals surface area contributed by atoms with Gasteiger partial charge in [-0.1, -0.05) is 45.9 Å². The van der Waals surface area contributed by atoms with Crippen molar-refractivity contribution < 1.29 is 9.59 Å². The van der Waals surface area contributed by atoms with Crippen molar-refractivity contribution >= 4 is 23.0 Å². The van der Waals surface area contributed by atoms with Crippen LogP contribution in [0.15, 0.2) is 48.7 Å². The van der Waals surface area contributed by atoms with Gasteiger partial charge in [-0.05, 0) is 41.7 Å². The summed E-state index contributed by atoms with van der Waals surface area (Å²) < 4.78 is 1.65. The summed E-state index contributed by atoms with van der Waals surface area (Å²) in [6.07, 6.45) is 1.74. The summed E-state index contributed by atoms with van der Waals surface area (Å²) in [5.74, 6) is 0.316. The third kappa shape index (κ3) is 4.22. The van der Waals surface area contributed by atoms with Crippen molar-refractivity contribution in [2.45, 2.75) is 33.6 Å². The second-order valence-corrected chi connectivity index (χ2v) is 7.57. The maximum absolute atomic E-state index is 12.8. The van der Waals surface area contributed by atoms with E-state index in [0.29, 0.717) is 29.6 Å². The number of nitrogens with zero attached hydrogens (tertiary/aromatic N) is 2. The Labute approximate surface area is 165 Å². The van der Waals surface area contributed by atoms with Crippen molar-refractivity contribution in [3.8, 4) is 0 Å². The highest BCUT2D eigenvalue weighted by molar-refractivity contribution is 6.08. The van der Waals surface area contributed by atoms with Gasteiger partial charge in [-0.2, -0.15) is 0 Å². The minimum absolute atomic E-state index is 0.205. The average Bonchev–Trinajstić information content (AvgIpc) is 3.06. The van der Waals surface area contributed by atoms with Crippen LogP contribution >= 0.6 is 0 Å². The molecule has 3 rings (SSSR count). The monoisotopic (exact) mass is 378 g/mol. The van der Waals surface area contributed by atoms with E-state index in [1.807, 2.05) is 44.2 Å². The molecule has 3 aromatic rings. The van der Waals surface area contributed by atoms with Crippen molar-refractivity contribution in [3.63, 3.8) is 0 Å². The van der Waals surface area contributed by atoms with Crippen LogP contribution in [0, 0.1) is 5.92 Å². The zero-order valence-corrected chi connectivity index (χ0v) is 16.7. The van der Waals surface area contributed by atoms with Crippen LogP contribution in [0.25, 0.3) is 5.52 Å². The van der Waals surface area contributed by atoms with Crippen LogP contribution in [0.2, 0.25) is 0 Å². The third-order valence-electron chi connectivity index (χ3n) is 4.47. The molecule has 0 aliphatic carbocycles. The first-order valence-electron chi connectivity index (χ1n) is 9.53. The Morgan fingerprint density at radius 2 is 1.71 bits per heavy atom. The fourth-order valence-corrected chi connectivity index (χ4v) is 2.88. The van der Waals surface area contributed by atoms with Crippen LogP contribution in [0.4, 0.5) is 5.69 Å². The van der Waals surface area contributed by atoms with Gasteiger partial charge in [-0.3, -0.25) is 14.0 Å². The largest absolute Gasteiger partial charge is 0.349 e. The highest BCUT2D eigenvalue weighted by atomic mass is 16.2. The molecule has 2 aromatic heterocycles. The van der Waals surface area contributed by atoms with Gasteiger partial charge in [0, 0.05) is 18.4 Å². The molecule has 28 heavy (non-hydrogen) atoms. The van der Waals surface area contributed by atoms with E-state index in [-0.39, 0.29) is 23.3 Å². The SMILES string of the molecule is CC(C)CNC(=O)c1nc(C(=O)Nc2ccc(C(C)C)cc2)c2ccccn12. The maximum atomic E-state index is 12.8. The second-order valence-electron chi connectivity index (χ2n) is 7.57. The molecule has 0 unspecified atom stereocenters. The van der Waals surface area contributed by atoms with Crippen LogP contribution in [-0.2, 0) is 0 Å². The lowest BCUT2D eigenvalue weighted by molar-refractivity contribution is 0.0938. The molecule has 0 saturated heterocycles. The predicted octanol–water partition coefficient (Wildman–Crippen LogP) is 4.10. The Morgan fingerprint density at radius 1 is 1.00 bits per heavy atom. The van der Waals surface area contributed by atoms with E-state index in [9.17, 15) is 9.59 Å². The van der Waals surface area contributed by atoms with E-state index in [0.717, 1.165) is 0 Å². The number of carbonyl (C=O) groups is 2. The van der Waals surface area contributed by atoms with Gasteiger partial charge in [0.1, 0.15) is 0 Å². The quantitative estimate of drug-likeness (QED) is 0.678. The minimum Gasteiger partial charge on any atom is -0.349 e. The Morgan fingerprint density at radius 3 is 2.36 bits per heavy atom. The van der Waals surface area contributed by atoms with Crippen molar-refractivity contribution in [1.82, 2.24) is 14.7 Å². The number of hydrogen-bond acceptors (Lipinski definition) is 3. The molecule has 0 radical (unpaired) electrons. The van der Waals surface area contributed by atoms with Gasteiger partial charge in [0.15, 0.2) is 5.69 Å². The predicted molar refractivity (Wildman–Crippen MR) is 111 cm³/mol. The van der Waals surface area contributed by atoms with E-state index in [1.54, 1.807) is 22.7 Å². The van der Waals surface area contributed by atoms with Crippen LogP contribution in [0.3, 0.4) is 0 Å². The van der Waals surface area contributed by atoms with Crippen molar-refractivity contribution in [2.75, 3.05) is 11.9 Å². The zero-order valence-electron chi connectivity index (χ0n) is 16.7. The molecule has 2 heterocycles. The molecule has 0 fully saturated rings. The Balaban J connectivity index is 1.87. The average molecular weight is 378 g/mol. The van der Waals surface area contributed by atoms with Gasteiger partial charge < -0.3 is 10.6 Å². The third-order valence-corrected chi connectivity index (χ3v) is 4.47. The number of nitrogens with one attached hydrogen (secondary N) is 2. The Bertz CT molecular complexity index is 987. The Kier molecular flexibility index (Phi) is 5.78. The first-order chi connectivity index (χ1) is 13.4. The molecule has 1 aromatic carbocycles. The van der Waals surface area contributed by atoms with Gasteiger partial charge in [0.05, 0.1) is 5.52 Å². The molecule has 0 spiro atoms. The first-order valence-corrected chi connectivity index (χ1v) is 9.53. The number of aromatic nitrogens is 2. The molecule has 0 aliphatic rings. The van der Waals surface area contributed by atoms with Gasteiger partial charge in [0.25, 0.3) is 11.8 Å². The smallest absolute Gasteiger partial charge is 0.287 e. The molecule has 6 heteroatoms. The number of amides is 2. The van der Waals surface area contributed by atoms with Crippen molar-refractivity contribution in [2.24, 2.45) is 5.92 Å². The van der Waals surface area contributed by atoms with E-state index in [2.05, 4.69) is 29.5 Å². The van der Waals surface area contributed by atoms with Gasteiger partial charge in [-0.15, -0.1) is 0 Å². The van der Waals surface area contributed by atoms with Crippen LogP contribution in [0.5, 0.6) is 0 Å². The first kappa shape index (κ1) is 19.6. The number of benzene rings is 1. The standard InChI is InChI=1S/C22H26N4O2/c1-14(2)13-23-22(28)20-25-19(18-7-5-6-12-26(18)20)21(27)24-17-10-8-16(9-11-17)15(3)4/h5-12,14-15H,13H2,1-4H3,(H,23,28)(H,24,27). The summed E-state index contributed by atoms with van der Waals surface area (Å²) in [6.45, 7) is 8.83. The van der Waals surface area contributed by atoms with Gasteiger partial charge in [-0.25, -0.2) is 4.98 Å². The van der Waals surface area contributed by atoms with E-state index in [4.69, 9.17) is 0 Å². The molecule has 6 nitrogen and oxygen atoms in total. The molecule has 2 amide bonds. The second kappa shape index (κ2) is 8.25. The fraction of sp³-hybridized carbons (Fsp3) is 0.318. The molecular formula is C22H26N4O2. The summed E-state index contributed by atoms with van der Waals surface area (Å²) in [5, 5.41) is 5.73. The summed E-state index contributed by atoms with van der Waals surface area (Å²) >= 11 is 0. The number of hydrogen-bond donors (Lipinski definition) is 2. The highest BCUT2D eigenvalue weighted by Crippen LogP contribution is 2.19. The van der Waals surface area contributed by atoms with Gasteiger partial charge in [0.2, 0.25) is 5.82 Å². The normalized spacial score (nSPS) is 11.2. The maximum Gasteiger partial charge on any atom is 0.287 e. The zero-order chi connectivity index (χ0) is 20.3.